The molecule has 0 aliphatic heterocycles. The van der Waals surface area contributed by atoms with Crippen molar-refractivity contribution in [3.8, 4) is 0 Å². The number of hydrogen-bond donors (Lipinski definition) is 0. The Morgan fingerprint density at radius 3 is 2.21 bits per heavy atom. The quantitative estimate of drug-likeness (QED) is 0.615. The maximum atomic E-state index is 4.25. The van der Waals surface area contributed by atoms with Gasteiger partial charge in [-0.25, -0.2) is 4.98 Å². The Morgan fingerprint density at radius 2 is 1.54 bits per heavy atom. The van der Waals surface area contributed by atoms with E-state index in [2.05, 4.69) is 64.1 Å². The van der Waals surface area contributed by atoms with E-state index in [1.165, 1.54) is 48.8 Å². The van der Waals surface area contributed by atoms with Crippen LogP contribution in [0.4, 0.5) is 0 Å². The van der Waals surface area contributed by atoms with Gasteiger partial charge >= 0.3 is 0 Å². The van der Waals surface area contributed by atoms with Gasteiger partial charge in [0.1, 0.15) is 0 Å². The van der Waals surface area contributed by atoms with Crippen molar-refractivity contribution < 1.29 is 0 Å². The summed E-state index contributed by atoms with van der Waals surface area (Å²) in [6.07, 6.45) is 12.7. The maximum absolute atomic E-state index is 4.25. The lowest BCUT2D eigenvalue weighted by atomic mass is 9.83. The first-order valence-corrected chi connectivity index (χ1v) is 9.04. The molecule has 1 aromatic heterocycles. The highest BCUT2D eigenvalue weighted by Crippen LogP contribution is 2.34. The van der Waals surface area contributed by atoms with Gasteiger partial charge < -0.3 is 4.57 Å². The number of imidazole rings is 1. The third-order valence-corrected chi connectivity index (χ3v) is 5.27. The first-order chi connectivity index (χ1) is 11.9. The first kappa shape index (κ1) is 15.2. The molecule has 1 atom stereocenters. The van der Waals surface area contributed by atoms with E-state index in [0.29, 0.717) is 0 Å². The summed E-state index contributed by atoms with van der Waals surface area (Å²) in [5.74, 6) is 0.760. The smallest absolute Gasteiger partial charge is 0.0954 e. The summed E-state index contributed by atoms with van der Waals surface area (Å²) in [5, 5.41) is 0. The van der Waals surface area contributed by atoms with Crippen LogP contribution in [0.2, 0.25) is 0 Å². The number of nitrogens with zero attached hydrogens (tertiary/aromatic N) is 2. The highest BCUT2D eigenvalue weighted by molar-refractivity contribution is 5.35. The van der Waals surface area contributed by atoms with E-state index in [1.54, 1.807) is 0 Å². The van der Waals surface area contributed by atoms with E-state index in [0.717, 1.165) is 5.92 Å². The standard InChI is InChI=1S/C22H24N2/c1-3-7-18(8-4-1)19-11-13-21(14-12-19)22(24-16-15-23-17-24)20-9-5-2-6-10-20/h2,5-6,9-18,22H,1,3-4,7-8H2. The van der Waals surface area contributed by atoms with E-state index < -0.39 is 0 Å². The second-order valence-electron chi connectivity index (χ2n) is 6.82. The molecule has 0 bridgehead atoms. The molecule has 24 heavy (non-hydrogen) atoms. The summed E-state index contributed by atoms with van der Waals surface area (Å²) in [7, 11) is 0. The minimum absolute atomic E-state index is 0.189. The minimum Gasteiger partial charge on any atom is -0.326 e. The molecular weight excluding hydrogens is 292 g/mol. The average molecular weight is 316 g/mol. The number of hydrogen-bond acceptors (Lipinski definition) is 1. The SMILES string of the molecule is c1ccc(C(c2ccc(C3CCCCC3)cc2)n2ccnc2)cc1. The first-order valence-electron chi connectivity index (χ1n) is 9.04. The molecule has 0 N–H and O–H groups in total. The van der Waals surface area contributed by atoms with Crippen molar-refractivity contribution in [1.29, 1.82) is 0 Å². The van der Waals surface area contributed by atoms with E-state index in [9.17, 15) is 0 Å². The Hall–Kier alpha value is -2.35. The van der Waals surface area contributed by atoms with Crippen molar-refractivity contribution in [2.24, 2.45) is 0 Å². The van der Waals surface area contributed by atoms with E-state index in [1.807, 2.05) is 18.7 Å². The van der Waals surface area contributed by atoms with Crippen LogP contribution in [-0.2, 0) is 0 Å². The summed E-state index contributed by atoms with van der Waals surface area (Å²) in [4.78, 5) is 4.25. The molecule has 1 saturated carbocycles. The molecule has 1 heterocycles. The van der Waals surface area contributed by atoms with Gasteiger partial charge in [0.05, 0.1) is 12.4 Å². The van der Waals surface area contributed by atoms with Crippen LogP contribution in [-0.4, -0.2) is 9.55 Å². The molecule has 4 rings (SSSR count). The second kappa shape index (κ2) is 7.04. The normalized spacial score (nSPS) is 16.8. The van der Waals surface area contributed by atoms with Crippen LogP contribution in [0.15, 0.2) is 73.3 Å². The van der Waals surface area contributed by atoms with Crippen LogP contribution < -0.4 is 0 Å². The van der Waals surface area contributed by atoms with Gasteiger partial charge in [0.2, 0.25) is 0 Å². The summed E-state index contributed by atoms with van der Waals surface area (Å²) in [6, 6.07) is 20.2. The lowest BCUT2D eigenvalue weighted by molar-refractivity contribution is 0.443. The molecule has 2 aromatic carbocycles. The summed E-state index contributed by atoms with van der Waals surface area (Å²) >= 11 is 0. The Kier molecular flexibility index (Phi) is 4.46. The van der Waals surface area contributed by atoms with Crippen molar-refractivity contribution in [1.82, 2.24) is 9.55 Å². The van der Waals surface area contributed by atoms with Crippen LogP contribution in [0.25, 0.3) is 0 Å². The van der Waals surface area contributed by atoms with Gasteiger partial charge in [-0.1, -0.05) is 73.9 Å². The zero-order valence-electron chi connectivity index (χ0n) is 14.0. The fourth-order valence-corrected chi connectivity index (χ4v) is 3.98. The van der Waals surface area contributed by atoms with Crippen LogP contribution in [0, 0.1) is 0 Å². The van der Waals surface area contributed by atoms with E-state index >= 15 is 0 Å². The summed E-state index contributed by atoms with van der Waals surface area (Å²) in [6.45, 7) is 0. The van der Waals surface area contributed by atoms with Crippen molar-refractivity contribution in [2.75, 3.05) is 0 Å². The predicted octanol–water partition coefficient (Wildman–Crippen LogP) is 5.57. The van der Waals surface area contributed by atoms with E-state index in [4.69, 9.17) is 0 Å². The summed E-state index contributed by atoms with van der Waals surface area (Å²) < 4.78 is 2.19. The van der Waals surface area contributed by atoms with Crippen molar-refractivity contribution in [3.05, 3.63) is 90.0 Å². The molecule has 3 aromatic rings. The van der Waals surface area contributed by atoms with Crippen LogP contribution >= 0.6 is 0 Å². The van der Waals surface area contributed by atoms with Gasteiger partial charge in [0.15, 0.2) is 0 Å². The predicted molar refractivity (Wildman–Crippen MR) is 98.2 cm³/mol. The van der Waals surface area contributed by atoms with E-state index in [-0.39, 0.29) is 6.04 Å². The van der Waals surface area contributed by atoms with Gasteiger partial charge in [-0.2, -0.15) is 0 Å². The van der Waals surface area contributed by atoms with Crippen molar-refractivity contribution in [3.63, 3.8) is 0 Å². The third kappa shape index (κ3) is 3.14. The zero-order valence-corrected chi connectivity index (χ0v) is 14.0. The van der Waals surface area contributed by atoms with Crippen LogP contribution in [0.3, 0.4) is 0 Å². The monoisotopic (exact) mass is 316 g/mol. The molecule has 1 unspecified atom stereocenters. The lowest BCUT2D eigenvalue weighted by Crippen LogP contribution is -2.11. The molecule has 1 fully saturated rings. The molecule has 0 spiro atoms. The van der Waals surface area contributed by atoms with Gasteiger partial charge in [0.25, 0.3) is 0 Å². The number of aromatic nitrogens is 2. The molecular formula is C22H24N2. The molecule has 2 heteroatoms. The van der Waals surface area contributed by atoms with Gasteiger partial charge in [-0.15, -0.1) is 0 Å². The van der Waals surface area contributed by atoms with Gasteiger partial charge in [0, 0.05) is 12.4 Å². The number of rotatable bonds is 4. The Labute approximate surface area is 144 Å². The Balaban J connectivity index is 1.66. The highest BCUT2D eigenvalue weighted by atomic mass is 15.0. The molecule has 1 aliphatic rings. The second-order valence-corrected chi connectivity index (χ2v) is 6.82. The maximum Gasteiger partial charge on any atom is 0.0954 e. The van der Waals surface area contributed by atoms with Crippen molar-refractivity contribution >= 4 is 0 Å². The van der Waals surface area contributed by atoms with Crippen molar-refractivity contribution in [2.45, 2.75) is 44.1 Å². The Bertz CT molecular complexity index is 738. The minimum atomic E-state index is 0.189. The Morgan fingerprint density at radius 1 is 0.833 bits per heavy atom. The van der Waals surface area contributed by atoms with Gasteiger partial charge in [-0.05, 0) is 35.4 Å². The average Bonchev–Trinajstić information content (AvgIpc) is 3.18. The third-order valence-electron chi connectivity index (χ3n) is 5.27. The largest absolute Gasteiger partial charge is 0.326 e. The fourth-order valence-electron chi connectivity index (χ4n) is 3.98. The molecule has 0 radical (unpaired) electrons. The summed E-state index contributed by atoms with van der Waals surface area (Å²) in [5.41, 5.74) is 4.12. The lowest BCUT2D eigenvalue weighted by Gasteiger charge is -2.24. The van der Waals surface area contributed by atoms with Crippen LogP contribution in [0.5, 0.6) is 0 Å². The molecule has 122 valence electrons. The highest BCUT2D eigenvalue weighted by Gasteiger charge is 2.18. The molecule has 0 amide bonds. The number of benzene rings is 2. The molecule has 1 aliphatic carbocycles. The van der Waals surface area contributed by atoms with Gasteiger partial charge in [-0.3, -0.25) is 0 Å². The topological polar surface area (TPSA) is 17.8 Å². The molecule has 0 saturated heterocycles. The van der Waals surface area contributed by atoms with Crippen LogP contribution in [0.1, 0.15) is 60.8 Å². The fraction of sp³-hybridized carbons (Fsp3) is 0.318. The molecule has 2 nitrogen and oxygen atoms in total. The zero-order chi connectivity index (χ0) is 16.2.